The van der Waals surface area contributed by atoms with Crippen LogP contribution in [0.3, 0.4) is 0 Å². The third-order valence-electron chi connectivity index (χ3n) is 2.94. The molecule has 0 amide bonds. The van der Waals surface area contributed by atoms with Crippen LogP contribution in [0.15, 0.2) is 18.3 Å². The highest BCUT2D eigenvalue weighted by atomic mass is 16.5. The van der Waals surface area contributed by atoms with Crippen molar-refractivity contribution >= 4 is 5.82 Å². The van der Waals surface area contributed by atoms with Gasteiger partial charge in [0.1, 0.15) is 11.9 Å². The quantitative estimate of drug-likeness (QED) is 0.811. The van der Waals surface area contributed by atoms with Gasteiger partial charge in [0.2, 0.25) is 0 Å². The molecule has 5 heteroatoms. The van der Waals surface area contributed by atoms with Crippen LogP contribution in [-0.4, -0.2) is 35.5 Å². The number of anilines is 1. The first-order valence-electron chi connectivity index (χ1n) is 5.63. The molecular formula is C12H15N3O2. The van der Waals surface area contributed by atoms with Gasteiger partial charge in [0, 0.05) is 38.8 Å². The number of aromatic nitrogens is 1. The number of aliphatic hydroxyl groups is 1. The lowest BCUT2D eigenvalue weighted by atomic mass is 9.94. The average molecular weight is 233 g/mol. The van der Waals surface area contributed by atoms with Crippen LogP contribution < -0.4 is 5.32 Å². The van der Waals surface area contributed by atoms with E-state index in [1.165, 1.54) is 0 Å². The number of nitriles is 1. The van der Waals surface area contributed by atoms with E-state index in [0.717, 1.165) is 0 Å². The molecule has 0 unspecified atom stereocenters. The van der Waals surface area contributed by atoms with Gasteiger partial charge in [0.25, 0.3) is 0 Å². The summed E-state index contributed by atoms with van der Waals surface area (Å²) in [6.07, 6.45) is 2.83. The highest BCUT2D eigenvalue weighted by Crippen LogP contribution is 2.21. The first kappa shape index (κ1) is 11.8. The maximum absolute atomic E-state index is 10.2. The Balaban J connectivity index is 2.00. The van der Waals surface area contributed by atoms with Gasteiger partial charge in [0.15, 0.2) is 0 Å². The Morgan fingerprint density at radius 1 is 1.53 bits per heavy atom. The number of nitrogens with zero attached hydrogens (tertiary/aromatic N) is 2. The monoisotopic (exact) mass is 233 g/mol. The smallest absolute Gasteiger partial charge is 0.143 e. The Morgan fingerprint density at radius 2 is 2.29 bits per heavy atom. The summed E-state index contributed by atoms with van der Waals surface area (Å²) < 4.78 is 5.21. The summed E-state index contributed by atoms with van der Waals surface area (Å²) in [5.41, 5.74) is -0.272. The molecule has 1 aromatic rings. The van der Waals surface area contributed by atoms with Crippen LogP contribution in [0.25, 0.3) is 0 Å². The Hall–Kier alpha value is -1.64. The van der Waals surface area contributed by atoms with Crippen molar-refractivity contribution in [3.05, 3.63) is 23.9 Å². The minimum absolute atomic E-state index is 0.391. The second-order valence-electron chi connectivity index (χ2n) is 4.20. The fourth-order valence-corrected chi connectivity index (χ4v) is 1.81. The van der Waals surface area contributed by atoms with E-state index in [-0.39, 0.29) is 0 Å². The first-order valence-corrected chi connectivity index (χ1v) is 5.63. The van der Waals surface area contributed by atoms with Gasteiger partial charge in [-0.2, -0.15) is 5.26 Å². The van der Waals surface area contributed by atoms with Gasteiger partial charge in [-0.05, 0) is 12.1 Å². The maximum Gasteiger partial charge on any atom is 0.143 e. The van der Waals surface area contributed by atoms with Crippen LogP contribution in [0.2, 0.25) is 0 Å². The molecule has 1 aliphatic heterocycles. The molecule has 17 heavy (non-hydrogen) atoms. The Morgan fingerprint density at radius 3 is 3.00 bits per heavy atom. The predicted octanol–water partition coefficient (Wildman–Crippen LogP) is 0.907. The molecule has 90 valence electrons. The van der Waals surface area contributed by atoms with E-state index in [4.69, 9.17) is 10.00 Å². The van der Waals surface area contributed by atoms with Crippen molar-refractivity contribution in [2.24, 2.45) is 0 Å². The van der Waals surface area contributed by atoms with Gasteiger partial charge in [-0.25, -0.2) is 4.98 Å². The van der Waals surface area contributed by atoms with E-state index in [1.807, 2.05) is 0 Å². The molecule has 1 aliphatic rings. The number of hydrogen-bond acceptors (Lipinski definition) is 5. The molecule has 1 aromatic heterocycles. The third-order valence-corrected chi connectivity index (χ3v) is 2.94. The highest BCUT2D eigenvalue weighted by molar-refractivity contribution is 5.51. The summed E-state index contributed by atoms with van der Waals surface area (Å²) in [6, 6.07) is 5.48. The van der Waals surface area contributed by atoms with Gasteiger partial charge < -0.3 is 15.2 Å². The van der Waals surface area contributed by atoms with E-state index in [2.05, 4.69) is 16.4 Å². The SMILES string of the molecule is N#Cc1cccnc1NCC1(O)CCOCC1. The molecule has 0 aromatic carbocycles. The fourth-order valence-electron chi connectivity index (χ4n) is 1.81. The third kappa shape index (κ3) is 2.93. The zero-order chi connectivity index (χ0) is 12.1. The van der Waals surface area contributed by atoms with Crippen molar-refractivity contribution in [1.29, 1.82) is 5.26 Å². The number of rotatable bonds is 3. The van der Waals surface area contributed by atoms with E-state index < -0.39 is 5.60 Å². The lowest BCUT2D eigenvalue weighted by molar-refractivity contribution is -0.0543. The molecule has 0 radical (unpaired) electrons. The topological polar surface area (TPSA) is 78.2 Å². The van der Waals surface area contributed by atoms with Gasteiger partial charge in [-0.15, -0.1) is 0 Å². The number of pyridine rings is 1. The lowest BCUT2D eigenvalue weighted by Crippen LogP contribution is -2.42. The number of ether oxygens (including phenoxy) is 1. The van der Waals surface area contributed by atoms with E-state index >= 15 is 0 Å². The zero-order valence-electron chi connectivity index (χ0n) is 9.52. The molecule has 0 aliphatic carbocycles. The van der Waals surface area contributed by atoms with E-state index in [0.29, 0.717) is 44.0 Å². The van der Waals surface area contributed by atoms with Crippen molar-refractivity contribution in [2.75, 3.05) is 25.1 Å². The molecule has 0 saturated carbocycles. The molecule has 0 spiro atoms. The average Bonchev–Trinajstić information content (AvgIpc) is 2.38. The molecule has 5 nitrogen and oxygen atoms in total. The second-order valence-corrected chi connectivity index (χ2v) is 4.20. The van der Waals surface area contributed by atoms with Crippen LogP contribution >= 0.6 is 0 Å². The van der Waals surface area contributed by atoms with Gasteiger partial charge in [-0.1, -0.05) is 0 Å². The summed E-state index contributed by atoms with van der Waals surface area (Å²) in [4.78, 5) is 4.09. The number of nitrogens with one attached hydrogen (secondary N) is 1. The summed E-state index contributed by atoms with van der Waals surface area (Å²) in [6.45, 7) is 1.54. The first-order chi connectivity index (χ1) is 8.23. The van der Waals surface area contributed by atoms with Crippen LogP contribution in [-0.2, 0) is 4.74 Å². The number of hydrogen-bond donors (Lipinski definition) is 2. The Labute approximate surface area is 100 Å². The minimum Gasteiger partial charge on any atom is -0.388 e. The van der Waals surface area contributed by atoms with Crippen LogP contribution in [0.5, 0.6) is 0 Å². The van der Waals surface area contributed by atoms with Crippen LogP contribution in [0.4, 0.5) is 5.82 Å². The summed E-state index contributed by atoms with van der Waals surface area (Å²) in [7, 11) is 0. The van der Waals surface area contributed by atoms with Crippen LogP contribution in [0, 0.1) is 11.3 Å². The largest absolute Gasteiger partial charge is 0.388 e. The molecule has 0 atom stereocenters. The summed E-state index contributed by atoms with van der Waals surface area (Å²) in [5.74, 6) is 0.523. The fraction of sp³-hybridized carbons (Fsp3) is 0.500. The van der Waals surface area contributed by atoms with Crippen molar-refractivity contribution in [2.45, 2.75) is 18.4 Å². The Bertz CT molecular complexity index is 422. The predicted molar refractivity (Wildman–Crippen MR) is 62.4 cm³/mol. The molecule has 0 bridgehead atoms. The highest BCUT2D eigenvalue weighted by Gasteiger charge is 2.29. The zero-order valence-corrected chi connectivity index (χ0v) is 9.52. The maximum atomic E-state index is 10.2. The molecule has 2 rings (SSSR count). The normalized spacial score (nSPS) is 18.4. The van der Waals surface area contributed by atoms with E-state index in [9.17, 15) is 5.11 Å². The molecule has 1 saturated heterocycles. The van der Waals surface area contributed by atoms with E-state index in [1.54, 1.807) is 18.3 Å². The molecule has 2 N–H and O–H groups in total. The van der Waals surface area contributed by atoms with Gasteiger partial charge in [-0.3, -0.25) is 0 Å². The second kappa shape index (κ2) is 5.13. The molecule has 1 fully saturated rings. The van der Waals surface area contributed by atoms with Crippen molar-refractivity contribution in [3.63, 3.8) is 0 Å². The minimum atomic E-state index is -0.761. The molecule has 2 heterocycles. The summed E-state index contributed by atoms with van der Waals surface area (Å²) >= 11 is 0. The van der Waals surface area contributed by atoms with Gasteiger partial charge in [0.05, 0.1) is 11.2 Å². The van der Waals surface area contributed by atoms with Crippen molar-refractivity contribution < 1.29 is 9.84 Å². The lowest BCUT2D eigenvalue weighted by Gasteiger charge is -2.32. The van der Waals surface area contributed by atoms with Crippen molar-refractivity contribution in [3.8, 4) is 6.07 Å². The molecular weight excluding hydrogens is 218 g/mol. The Kier molecular flexibility index (Phi) is 3.57. The van der Waals surface area contributed by atoms with Crippen LogP contribution in [0.1, 0.15) is 18.4 Å². The van der Waals surface area contributed by atoms with Gasteiger partial charge >= 0.3 is 0 Å². The van der Waals surface area contributed by atoms with Crippen molar-refractivity contribution in [1.82, 2.24) is 4.98 Å². The standard InChI is InChI=1S/C12H15N3O2/c13-8-10-2-1-5-14-11(10)15-9-12(16)3-6-17-7-4-12/h1-2,5,16H,3-4,6-7,9H2,(H,14,15). The summed E-state index contributed by atoms with van der Waals surface area (Å²) in [5, 5.41) is 22.2.